The van der Waals surface area contributed by atoms with Crippen LogP contribution in [0.4, 0.5) is 0 Å². The number of nitrogens with zero attached hydrogens (tertiary/aromatic N) is 1. The zero-order chi connectivity index (χ0) is 15.5. The lowest BCUT2D eigenvalue weighted by molar-refractivity contribution is -0.148. The Labute approximate surface area is 124 Å². The molecule has 2 N–H and O–H groups in total. The molecule has 0 radical (unpaired) electrons. The molecule has 21 heavy (non-hydrogen) atoms. The zero-order valence-electron chi connectivity index (χ0n) is 12.2. The summed E-state index contributed by atoms with van der Waals surface area (Å²) < 4.78 is 0. The molecular formula is C16H20N2O3. The minimum Gasteiger partial charge on any atom is -0.481 e. The highest BCUT2D eigenvalue weighted by Crippen LogP contribution is 2.52. The van der Waals surface area contributed by atoms with Crippen molar-refractivity contribution in [2.24, 2.45) is 10.8 Å². The molecule has 2 rings (SSSR count). The summed E-state index contributed by atoms with van der Waals surface area (Å²) >= 11 is 0. The number of aliphatic carboxylic acids is 1. The largest absolute Gasteiger partial charge is 0.481 e. The van der Waals surface area contributed by atoms with Crippen LogP contribution in [0.3, 0.4) is 0 Å². The molecule has 0 bridgehead atoms. The lowest BCUT2D eigenvalue weighted by Gasteiger charge is -2.40. The van der Waals surface area contributed by atoms with Crippen LogP contribution >= 0.6 is 0 Å². The molecule has 0 unspecified atom stereocenters. The Morgan fingerprint density at radius 2 is 2.14 bits per heavy atom. The maximum Gasteiger partial charge on any atom is 0.314 e. The van der Waals surface area contributed by atoms with E-state index in [0.717, 1.165) is 6.42 Å². The number of rotatable bonds is 3. The third-order valence-electron chi connectivity index (χ3n) is 4.51. The van der Waals surface area contributed by atoms with Gasteiger partial charge in [0.1, 0.15) is 0 Å². The quantitative estimate of drug-likeness (QED) is 0.779. The molecular weight excluding hydrogens is 268 g/mol. The van der Waals surface area contributed by atoms with E-state index >= 15 is 0 Å². The molecule has 1 amide bonds. The SMILES string of the molecule is CCNC(=O)[C@]1(C#N)CC=CC[C@]2(C(=O)O)CCCC=C12. The second kappa shape index (κ2) is 5.72. The molecule has 0 aromatic carbocycles. The molecule has 0 spiro atoms. The fourth-order valence-electron chi connectivity index (χ4n) is 3.42. The lowest BCUT2D eigenvalue weighted by atomic mass is 9.61. The number of carboxylic acids is 1. The van der Waals surface area contributed by atoms with Crippen LogP contribution in [0.5, 0.6) is 0 Å². The summed E-state index contributed by atoms with van der Waals surface area (Å²) in [5.41, 5.74) is -2.04. The summed E-state index contributed by atoms with van der Waals surface area (Å²) in [4.78, 5) is 24.5. The fourth-order valence-corrected chi connectivity index (χ4v) is 3.42. The first-order chi connectivity index (χ1) is 10.0. The first-order valence-corrected chi connectivity index (χ1v) is 7.32. The minimum atomic E-state index is -1.40. The van der Waals surface area contributed by atoms with Gasteiger partial charge >= 0.3 is 5.97 Å². The van der Waals surface area contributed by atoms with E-state index in [1.165, 1.54) is 0 Å². The average molecular weight is 288 g/mol. The molecule has 0 aliphatic heterocycles. The van der Waals surface area contributed by atoms with Crippen LogP contribution in [-0.4, -0.2) is 23.5 Å². The van der Waals surface area contributed by atoms with E-state index in [2.05, 4.69) is 11.4 Å². The fraction of sp³-hybridized carbons (Fsp3) is 0.562. The van der Waals surface area contributed by atoms with Crippen molar-refractivity contribution in [1.82, 2.24) is 5.32 Å². The predicted molar refractivity (Wildman–Crippen MR) is 77.1 cm³/mol. The van der Waals surface area contributed by atoms with Crippen molar-refractivity contribution in [3.05, 3.63) is 23.8 Å². The average Bonchev–Trinajstić information content (AvgIpc) is 2.66. The number of fused-ring (bicyclic) bond motifs is 1. The third-order valence-corrected chi connectivity index (χ3v) is 4.51. The molecule has 2 aliphatic carbocycles. The van der Waals surface area contributed by atoms with Gasteiger partial charge in [-0.25, -0.2) is 0 Å². The van der Waals surface area contributed by atoms with E-state index in [0.29, 0.717) is 31.4 Å². The first kappa shape index (κ1) is 15.3. The van der Waals surface area contributed by atoms with E-state index in [4.69, 9.17) is 0 Å². The van der Waals surface area contributed by atoms with E-state index in [1.807, 2.05) is 6.08 Å². The van der Waals surface area contributed by atoms with Gasteiger partial charge in [0.25, 0.3) is 0 Å². The Kier molecular flexibility index (Phi) is 4.17. The van der Waals surface area contributed by atoms with Gasteiger partial charge in [0.05, 0.1) is 11.5 Å². The van der Waals surface area contributed by atoms with Crippen molar-refractivity contribution in [2.45, 2.75) is 39.0 Å². The molecule has 0 heterocycles. The molecule has 5 nitrogen and oxygen atoms in total. The predicted octanol–water partition coefficient (Wildman–Crippen LogP) is 2.16. The Balaban J connectivity index is 2.62. The summed E-state index contributed by atoms with van der Waals surface area (Å²) in [7, 11) is 0. The van der Waals surface area contributed by atoms with Crippen LogP contribution in [0.2, 0.25) is 0 Å². The van der Waals surface area contributed by atoms with Crippen molar-refractivity contribution in [1.29, 1.82) is 5.26 Å². The Morgan fingerprint density at radius 3 is 2.76 bits per heavy atom. The summed E-state index contributed by atoms with van der Waals surface area (Å²) in [5.74, 6) is -1.33. The summed E-state index contributed by atoms with van der Waals surface area (Å²) in [6, 6.07) is 2.13. The monoisotopic (exact) mass is 288 g/mol. The molecule has 0 aromatic rings. The van der Waals surface area contributed by atoms with Gasteiger partial charge in [-0.1, -0.05) is 18.2 Å². The normalized spacial score (nSPS) is 31.3. The number of nitrogens with one attached hydrogen (secondary N) is 1. The maximum absolute atomic E-state index is 12.5. The van der Waals surface area contributed by atoms with E-state index in [1.54, 1.807) is 19.1 Å². The second-order valence-electron chi connectivity index (χ2n) is 5.65. The number of amides is 1. The number of allylic oxidation sites excluding steroid dienone is 3. The Bertz CT molecular complexity index is 558. The van der Waals surface area contributed by atoms with Gasteiger partial charge in [-0.2, -0.15) is 5.26 Å². The molecule has 0 fully saturated rings. The smallest absolute Gasteiger partial charge is 0.314 e. The molecule has 2 aliphatic rings. The van der Waals surface area contributed by atoms with Crippen molar-refractivity contribution < 1.29 is 14.7 Å². The molecule has 0 aromatic heterocycles. The highest BCUT2D eigenvalue weighted by Gasteiger charge is 2.55. The van der Waals surface area contributed by atoms with Gasteiger partial charge in [0.15, 0.2) is 5.41 Å². The van der Waals surface area contributed by atoms with Crippen LogP contribution in [0.15, 0.2) is 23.8 Å². The molecule has 0 saturated carbocycles. The second-order valence-corrected chi connectivity index (χ2v) is 5.65. The number of carboxylic acid groups (broad SMARTS) is 1. The highest BCUT2D eigenvalue weighted by molar-refractivity contribution is 5.93. The van der Waals surface area contributed by atoms with Gasteiger partial charge in [-0.3, -0.25) is 9.59 Å². The molecule has 5 heteroatoms. The third kappa shape index (κ3) is 2.25. The van der Waals surface area contributed by atoms with Crippen LogP contribution in [0.25, 0.3) is 0 Å². The summed E-state index contributed by atoms with van der Waals surface area (Å²) in [5, 5.41) is 22.2. The van der Waals surface area contributed by atoms with Gasteiger partial charge in [-0.05, 0) is 44.6 Å². The number of nitriles is 1. The van der Waals surface area contributed by atoms with Crippen molar-refractivity contribution >= 4 is 11.9 Å². The number of carbonyl (C=O) groups excluding carboxylic acids is 1. The van der Waals surface area contributed by atoms with Crippen molar-refractivity contribution in [2.75, 3.05) is 6.54 Å². The van der Waals surface area contributed by atoms with Crippen LogP contribution in [0, 0.1) is 22.2 Å². The van der Waals surface area contributed by atoms with E-state index < -0.39 is 22.7 Å². The number of carbonyl (C=O) groups is 2. The number of hydrogen-bond donors (Lipinski definition) is 2. The molecule has 112 valence electrons. The number of hydrogen-bond acceptors (Lipinski definition) is 3. The minimum absolute atomic E-state index is 0.232. The van der Waals surface area contributed by atoms with Crippen molar-refractivity contribution in [3.8, 4) is 6.07 Å². The summed E-state index contributed by atoms with van der Waals surface area (Å²) in [6.07, 6.45) is 7.90. The van der Waals surface area contributed by atoms with Gasteiger partial charge < -0.3 is 10.4 Å². The van der Waals surface area contributed by atoms with Gasteiger partial charge in [0, 0.05) is 6.54 Å². The molecule has 0 saturated heterocycles. The van der Waals surface area contributed by atoms with Crippen LogP contribution < -0.4 is 5.32 Å². The highest BCUT2D eigenvalue weighted by atomic mass is 16.4. The van der Waals surface area contributed by atoms with Crippen LogP contribution in [-0.2, 0) is 9.59 Å². The Hall–Kier alpha value is -2.09. The Morgan fingerprint density at radius 1 is 1.43 bits per heavy atom. The topological polar surface area (TPSA) is 90.2 Å². The first-order valence-electron chi connectivity index (χ1n) is 7.32. The maximum atomic E-state index is 12.5. The van der Waals surface area contributed by atoms with Gasteiger partial charge in [0.2, 0.25) is 5.91 Å². The standard InChI is InChI=1S/C16H20N2O3/c1-2-18-13(19)16(11-17)10-6-5-9-15(14(20)21)8-4-3-7-12(15)16/h5-7H,2-4,8-10H2,1H3,(H,18,19)(H,20,21)/t15-,16+/m1/s1. The van der Waals surface area contributed by atoms with Crippen LogP contribution in [0.1, 0.15) is 39.0 Å². The molecule has 2 atom stereocenters. The van der Waals surface area contributed by atoms with E-state index in [9.17, 15) is 20.0 Å². The zero-order valence-corrected chi connectivity index (χ0v) is 12.2. The lowest BCUT2D eigenvalue weighted by Crippen LogP contribution is -2.48. The summed E-state index contributed by atoms with van der Waals surface area (Å²) in [6.45, 7) is 2.20. The van der Waals surface area contributed by atoms with E-state index in [-0.39, 0.29) is 6.42 Å². The van der Waals surface area contributed by atoms with Gasteiger partial charge in [-0.15, -0.1) is 0 Å². The van der Waals surface area contributed by atoms with Crippen molar-refractivity contribution in [3.63, 3.8) is 0 Å².